The van der Waals surface area contributed by atoms with Crippen LogP contribution >= 0.6 is 0 Å². The van der Waals surface area contributed by atoms with Crippen molar-refractivity contribution in [2.24, 2.45) is 0 Å². The zero-order chi connectivity index (χ0) is 21.3. The lowest BCUT2D eigenvalue weighted by Gasteiger charge is -2.11. The van der Waals surface area contributed by atoms with Gasteiger partial charge in [-0.25, -0.2) is 0 Å². The molecule has 0 saturated heterocycles. The molecule has 0 aromatic heterocycles. The number of hydrogen-bond donors (Lipinski definition) is 1. The molecular formula is C25H23NO4. The molecule has 0 fully saturated rings. The molecule has 0 spiro atoms. The van der Waals surface area contributed by atoms with Crippen LogP contribution in [0.2, 0.25) is 0 Å². The highest BCUT2D eigenvalue weighted by Crippen LogP contribution is 2.29. The molecule has 3 rings (SSSR count). The van der Waals surface area contributed by atoms with Crippen molar-refractivity contribution in [3.8, 4) is 11.5 Å². The molecule has 5 nitrogen and oxygen atoms in total. The van der Waals surface area contributed by atoms with Crippen LogP contribution in [0.1, 0.15) is 28.4 Å². The molecule has 1 amide bonds. The fraction of sp³-hybridized carbons (Fsp3) is 0.120. The second kappa shape index (κ2) is 10.1. The smallest absolute Gasteiger partial charge is 0.248 e. The van der Waals surface area contributed by atoms with Crippen LogP contribution in [0.15, 0.2) is 78.9 Å². The summed E-state index contributed by atoms with van der Waals surface area (Å²) in [6, 6.07) is 22.1. The Labute approximate surface area is 176 Å². The Bertz CT molecular complexity index is 1040. The SMILES string of the molecule is COc1cc(/C=C/C(=O)Nc2ccc(C(C)=O)cc2)ccc1OCc1ccccc1. The summed E-state index contributed by atoms with van der Waals surface area (Å²) in [5, 5.41) is 2.76. The number of carbonyl (C=O) groups excluding carboxylic acids is 2. The van der Waals surface area contributed by atoms with Crippen LogP contribution in [-0.4, -0.2) is 18.8 Å². The van der Waals surface area contributed by atoms with Crippen LogP contribution in [0.3, 0.4) is 0 Å². The lowest BCUT2D eigenvalue weighted by Crippen LogP contribution is -2.07. The number of methoxy groups -OCH3 is 1. The molecule has 0 unspecified atom stereocenters. The van der Waals surface area contributed by atoms with E-state index in [2.05, 4.69) is 5.32 Å². The summed E-state index contributed by atoms with van der Waals surface area (Å²) in [4.78, 5) is 23.5. The molecule has 30 heavy (non-hydrogen) atoms. The highest BCUT2D eigenvalue weighted by Gasteiger charge is 2.06. The van der Waals surface area contributed by atoms with Gasteiger partial charge in [0.25, 0.3) is 0 Å². The van der Waals surface area contributed by atoms with Gasteiger partial charge in [-0.1, -0.05) is 36.4 Å². The molecule has 0 radical (unpaired) electrons. The monoisotopic (exact) mass is 401 g/mol. The Balaban J connectivity index is 1.61. The molecule has 0 bridgehead atoms. The van der Waals surface area contributed by atoms with E-state index < -0.39 is 0 Å². The van der Waals surface area contributed by atoms with Gasteiger partial charge in [0.2, 0.25) is 5.91 Å². The quantitative estimate of drug-likeness (QED) is 0.420. The number of ether oxygens (including phenoxy) is 2. The molecule has 3 aromatic carbocycles. The van der Waals surface area contributed by atoms with Crippen molar-refractivity contribution in [3.05, 3.63) is 95.6 Å². The number of Topliss-reactive ketones (excluding diaryl/α,β-unsaturated/α-hetero) is 1. The van der Waals surface area contributed by atoms with Gasteiger partial charge in [0, 0.05) is 17.3 Å². The molecule has 0 heterocycles. The van der Waals surface area contributed by atoms with Crippen molar-refractivity contribution in [3.63, 3.8) is 0 Å². The molecule has 1 N–H and O–H groups in total. The fourth-order valence-electron chi connectivity index (χ4n) is 2.79. The zero-order valence-corrected chi connectivity index (χ0v) is 16.9. The van der Waals surface area contributed by atoms with Gasteiger partial charge in [-0.05, 0) is 60.5 Å². The molecule has 0 atom stereocenters. The van der Waals surface area contributed by atoms with E-state index in [1.807, 2.05) is 48.5 Å². The summed E-state index contributed by atoms with van der Waals surface area (Å²) in [6.07, 6.45) is 3.14. The van der Waals surface area contributed by atoms with Crippen LogP contribution in [0.4, 0.5) is 5.69 Å². The van der Waals surface area contributed by atoms with Crippen molar-refractivity contribution >= 4 is 23.5 Å². The van der Waals surface area contributed by atoms with Gasteiger partial charge in [-0.15, -0.1) is 0 Å². The number of nitrogens with one attached hydrogen (secondary N) is 1. The highest BCUT2D eigenvalue weighted by molar-refractivity contribution is 6.02. The Morgan fingerprint density at radius 2 is 1.67 bits per heavy atom. The molecule has 3 aromatic rings. The van der Waals surface area contributed by atoms with Crippen molar-refractivity contribution in [1.82, 2.24) is 0 Å². The van der Waals surface area contributed by atoms with Crippen LogP contribution < -0.4 is 14.8 Å². The second-order valence-electron chi connectivity index (χ2n) is 6.64. The Hall–Kier alpha value is -3.86. The number of ketones is 1. The third kappa shape index (κ3) is 5.82. The maximum Gasteiger partial charge on any atom is 0.248 e. The summed E-state index contributed by atoms with van der Waals surface area (Å²) < 4.78 is 11.3. The Morgan fingerprint density at radius 3 is 2.33 bits per heavy atom. The Morgan fingerprint density at radius 1 is 0.933 bits per heavy atom. The maximum atomic E-state index is 12.2. The summed E-state index contributed by atoms with van der Waals surface area (Å²) in [6.45, 7) is 1.94. The second-order valence-corrected chi connectivity index (χ2v) is 6.64. The number of anilines is 1. The summed E-state index contributed by atoms with van der Waals surface area (Å²) in [5.41, 5.74) is 3.10. The van der Waals surface area contributed by atoms with Crippen LogP contribution in [-0.2, 0) is 11.4 Å². The predicted octanol–water partition coefficient (Wildman–Crippen LogP) is 5.13. The van der Waals surface area contributed by atoms with Gasteiger partial charge in [-0.2, -0.15) is 0 Å². The minimum Gasteiger partial charge on any atom is -0.493 e. The number of benzene rings is 3. The van der Waals surface area contributed by atoms with E-state index in [9.17, 15) is 9.59 Å². The normalized spacial score (nSPS) is 10.6. The number of carbonyl (C=O) groups is 2. The lowest BCUT2D eigenvalue weighted by molar-refractivity contribution is -0.111. The first-order chi connectivity index (χ1) is 14.5. The lowest BCUT2D eigenvalue weighted by atomic mass is 10.1. The standard InChI is InChI=1S/C25H23NO4/c1-18(27)21-10-12-22(13-11-21)26-25(28)15-9-19-8-14-23(24(16-19)29-2)30-17-20-6-4-3-5-7-20/h3-16H,17H2,1-2H3,(H,26,28)/b15-9+. The van der Waals surface area contributed by atoms with E-state index in [0.717, 1.165) is 11.1 Å². The number of hydrogen-bond acceptors (Lipinski definition) is 4. The molecule has 0 aliphatic rings. The van der Waals surface area contributed by atoms with Crippen LogP contribution in [0.5, 0.6) is 11.5 Å². The summed E-state index contributed by atoms with van der Waals surface area (Å²) in [5.74, 6) is 0.939. The minimum atomic E-state index is -0.269. The third-order valence-corrected chi connectivity index (χ3v) is 4.41. The number of rotatable bonds is 8. The molecule has 0 saturated carbocycles. The summed E-state index contributed by atoms with van der Waals surface area (Å²) >= 11 is 0. The average Bonchev–Trinajstić information content (AvgIpc) is 2.77. The van der Waals surface area contributed by atoms with Crippen molar-refractivity contribution in [2.45, 2.75) is 13.5 Å². The molecule has 0 aliphatic heterocycles. The topological polar surface area (TPSA) is 64.6 Å². The highest BCUT2D eigenvalue weighted by atomic mass is 16.5. The average molecular weight is 401 g/mol. The Kier molecular flexibility index (Phi) is 7.00. The van der Waals surface area contributed by atoms with Gasteiger partial charge in [0.1, 0.15) is 6.61 Å². The van der Waals surface area contributed by atoms with Gasteiger partial charge >= 0.3 is 0 Å². The van der Waals surface area contributed by atoms with Crippen molar-refractivity contribution in [1.29, 1.82) is 0 Å². The van der Waals surface area contributed by atoms with Gasteiger partial charge in [0.15, 0.2) is 17.3 Å². The van der Waals surface area contributed by atoms with E-state index in [4.69, 9.17) is 9.47 Å². The van der Waals surface area contributed by atoms with E-state index in [-0.39, 0.29) is 11.7 Å². The molecule has 0 aliphatic carbocycles. The van der Waals surface area contributed by atoms with Gasteiger partial charge in [0.05, 0.1) is 7.11 Å². The third-order valence-electron chi connectivity index (χ3n) is 4.41. The van der Waals surface area contributed by atoms with E-state index in [1.165, 1.54) is 13.0 Å². The van der Waals surface area contributed by atoms with Crippen molar-refractivity contribution in [2.75, 3.05) is 12.4 Å². The molecule has 152 valence electrons. The largest absolute Gasteiger partial charge is 0.493 e. The maximum absolute atomic E-state index is 12.2. The summed E-state index contributed by atoms with van der Waals surface area (Å²) in [7, 11) is 1.58. The van der Waals surface area contributed by atoms with E-state index >= 15 is 0 Å². The fourth-order valence-corrected chi connectivity index (χ4v) is 2.79. The van der Waals surface area contributed by atoms with E-state index in [1.54, 1.807) is 37.5 Å². The van der Waals surface area contributed by atoms with Crippen LogP contribution in [0, 0.1) is 0 Å². The zero-order valence-electron chi connectivity index (χ0n) is 16.9. The first-order valence-corrected chi connectivity index (χ1v) is 9.50. The minimum absolute atomic E-state index is 0.0158. The van der Waals surface area contributed by atoms with Gasteiger partial charge < -0.3 is 14.8 Å². The van der Waals surface area contributed by atoms with E-state index in [0.29, 0.717) is 29.4 Å². The predicted molar refractivity (Wildman–Crippen MR) is 118 cm³/mol. The molecule has 5 heteroatoms. The first-order valence-electron chi connectivity index (χ1n) is 9.50. The first kappa shape index (κ1) is 20.9. The van der Waals surface area contributed by atoms with Crippen molar-refractivity contribution < 1.29 is 19.1 Å². The molecular weight excluding hydrogens is 378 g/mol. The van der Waals surface area contributed by atoms with Crippen LogP contribution in [0.25, 0.3) is 6.08 Å². The number of amides is 1. The van der Waals surface area contributed by atoms with Gasteiger partial charge in [-0.3, -0.25) is 9.59 Å².